The molecule has 1 saturated heterocycles. The number of hydrogen-bond donors (Lipinski definition) is 0. The molecule has 0 aliphatic carbocycles. The van der Waals surface area contributed by atoms with Gasteiger partial charge in [0.1, 0.15) is 6.61 Å². The third-order valence-corrected chi connectivity index (χ3v) is 6.85. The molecular weight excluding hydrogens is 497 g/mol. The van der Waals surface area contributed by atoms with Crippen LogP contribution in [0.2, 0.25) is 10.0 Å². The fourth-order valence-electron chi connectivity index (χ4n) is 3.35. The fourth-order valence-corrected chi connectivity index (χ4v) is 5.10. The van der Waals surface area contributed by atoms with Crippen LogP contribution in [0.4, 0.5) is 5.69 Å². The molecule has 33 heavy (non-hydrogen) atoms. The van der Waals surface area contributed by atoms with Crippen LogP contribution in [0.1, 0.15) is 16.7 Å². The summed E-state index contributed by atoms with van der Waals surface area (Å²) in [6.07, 6.45) is 1.77. The molecule has 1 aliphatic heterocycles. The van der Waals surface area contributed by atoms with Gasteiger partial charge >= 0.3 is 0 Å². The second kappa shape index (κ2) is 10.2. The van der Waals surface area contributed by atoms with Gasteiger partial charge in [-0.05, 0) is 48.9 Å². The Kier molecular flexibility index (Phi) is 7.29. The number of methoxy groups -OCH3 is 1. The Morgan fingerprint density at radius 1 is 1.09 bits per heavy atom. The maximum absolute atomic E-state index is 13.2. The van der Waals surface area contributed by atoms with E-state index in [0.717, 1.165) is 16.8 Å². The van der Waals surface area contributed by atoms with E-state index < -0.39 is 0 Å². The molecule has 4 nitrogen and oxygen atoms in total. The van der Waals surface area contributed by atoms with Crippen molar-refractivity contribution in [1.29, 1.82) is 0 Å². The number of thioether (sulfide) groups is 1. The first-order valence-corrected chi connectivity index (χ1v) is 11.9. The van der Waals surface area contributed by atoms with Gasteiger partial charge in [-0.15, -0.1) is 0 Å². The number of thiocarbonyl (C=S) groups is 1. The monoisotopic (exact) mass is 515 g/mol. The number of rotatable bonds is 6. The summed E-state index contributed by atoms with van der Waals surface area (Å²) in [5.74, 6) is 0.875. The van der Waals surface area contributed by atoms with Gasteiger partial charge in [0.2, 0.25) is 0 Å². The summed E-state index contributed by atoms with van der Waals surface area (Å²) in [7, 11) is 1.57. The number of halogens is 2. The lowest BCUT2D eigenvalue weighted by Gasteiger charge is -2.15. The van der Waals surface area contributed by atoms with Gasteiger partial charge in [-0.1, -0.05) is 77.5 Å². The molecule has 0 unspecified atom stereocenters. The summed E-state index contributed by atoms with van der Waals surface area (Å²) in [6.45, 7) is 2.19. The molecule has 0 saturated carbocycles. The predicted octanol–water partition coefficient (Wildman–Crippen LogP) is 7.30. The molecule has 8 heteroatoms. The molecule has 4 rings (SSSR count). The van der Waals surface area contributed by atoms with Crippen LogP contribution in [0, 0.1) is 6.92 Å². The van der Waals surface area contributed by atoms with Crippen molar-refractivity contribution in [3.05, 3.63) is 92.3 Å². The SMILES string of the molecule is COc1cccc(/C=C2\SC(=S)N(c3cccc(C)c3)C2=O)c1OCc1ccc(Cl)cc1Cl. The van der Waals surface area contributed by atoms with Crippen molar-refractivity contribution in [3.8, 4) is 11.5 Å². The van der Waals surface area contributed by atoms with Crippen LogP contribution in [-0.2, 0) is 11.4 Å². The summed E-state index contributed by atoms with van der Waals surface area (Å²) >= 11 is 19.0. The lowest BCUT2D eigenvalue weighted by molar-refractivity contribution is -0.113. The average molecular weight is 516 g/mol. The lowest BCUT2D eigenvalue weighted by Crippen LogP contribution is -2.27. The Morgan fingerprint density at radius 3 is 2.61 bits per heavy atom. The molecular formula is C25H19Cl2NO3S2. The minimum atomic E-state index is -0.176. The molecule has 1 fully saturated rings. The Bertz CT molecular complexity index is 1280. The lowest BCUT2D eigenvalue weighted by atomic mass is 10.1. The zero-order valence-electron chi connectivity index (χ0n) is 17.8. The van der Waals surface area contributed by atoms with Gasteiger partial charge in [-0.3, -0.25) is 9.69 Å². The van der Waals surface area contributed by atoms with Gasteiger partial charge in [0.05, 0.1) is 17.7 Å². The van der Waals surface area contributed by atoms with Crippen molar-refractivity contribution in [2.24, 2.45) is 0 Å². The third-order valence-electron chi connectivity index (χ3n) is 4.96. The van der Waals surface area contributed by atoms with Gasteiger partial charge in [-0.2, -0.15) is 0 Å². The summed E-state index contributed by atoms with van der Waals surface area (Å²) in [6, 6.07) is 18.4. The van der Waals surface area contributed by atoms with Crippen molar-refractivity contribution in [2.75, 3.05) is 12.0 Å². The van der Waals surface area contributed by atoms with Crippen molar-refractivity contribution in [2.45, 2.75) is 13.5 Å². The number of para-hydroxylation sites is 1. The van der Waals surface area contributed by atoms with Gasteiger partial charge in [0.25, 0.3) is 5.91 Å². The van der Waals surface area contributed by atoms with Gasteiger partial charge in [0, 0.05) is 21.2 Å². The molecule has 1 amide bonds. The molecule has 0 radical (unpaired) electrons. The van der Waals surface area contributed by atoms with E-state index >= 15 is 0 Å². The number of carbonyl (C=O) groups is 1. The Morgan fingerprint density at radius 2 is 1.88 bits per heavy atom. The topological polar surface area (TPSA) is 38.8 Å². The van der Waals surface area contributed by atoms with Crippen LogP contribution >= 0.6 is 47.2 Å². The summed E-state index contributed by atoms with van der Waals surface area (Å²) in [4.78, 5) is 15.3. The third kappa shape index (κ3) is 5.20. The minimum Gasteiger partial charge on any atom is -0.493 e. The highest BCUT2D eigenvalue weighted by atomic mass is 35.5. The van der Waals surface area contributed by atoms with Crippen molar-refractivity contribution >= 4 is 69.2 Å². The highest BCUT2D eigenvalue weighted by Crippen LogP contribution is 2.39. The Labute approximate surface area is 212 Å². The van der Waals surface area contributed by atoms with E-state index in [2.05, 4.69) is 0 Å². The molecule has 3 aromatic carbocycles. The maximum Gasteiger partial charge on any atom is 0.270 e. The Balaban J connectivity index is 1.65. The predicted molar refractivity (Wildman–Crippen MR) is 141 cm³/mol. The van der Waals surface area contributed by atoms with Crippen LogP contribution in [0.3, 0.4) is 0 Å². The standard InChI is InChI=1S/C25H19Cl2NO3S2/c1-15-5-3-7-19(11-15)28-24(29)22(33-25(28)32)12-16-6-4-8-21(30-2)23(16)31-14-17-9-10-18(26)13-20(17)27/h3-13H,14H2,1-2H3/b22-12-. The number of hydrogen-bond acceptors (Lipinski definition) is 5. The fraction of sp³-hybridized carbons (Fsp3) is 0.120. The number of aryl methyl sites for hydroxylation is 1. The molecule has 0 aromatic heterocycles. The van der Waals surface area contributed by atoms with Gasteiger partial charge < -0.3 is 9.47 Å². The Hall–Kier alpha value is -2.51. The van der Waals surface area contributed by atoms with Gasteiger partial charge in [0.15, 0.2) is 15.8 Å². The minimum absolute atomic E-state index is 0.176. The van der Waals surface area contributed by atoms with Crippen LogP contribution in [-0.4, -0.2) is 17.3 Å². The molecule has 1 heterocycles. The molecule has 0 bridgehead atoms. The van der Waals surface area contributed by atoms with Crippen molar-refractivity contribution in [3.63, 3.8) is 0 Å². The van der Waals surface area contributed by atoms with E-state index in [-0.39, 0.29) is 12.5 Å². The molecule has 0 atom stereocenters. The zero-order chi connectivity index (χ0) is 23.5. The molecule has 1 aliphatic rings. The normalized spacial score (nSPS) is 14.8. The number of benzene rings is 3. The second-order valence-electron chi connectivity index (χ2n) is 7.26. The van der Waals surface area contributed by atoms with Crippen LogP contribution < -0.4 is 14.4 Å². The van der Waals surface area contributed by atoms with Crippen LogP contribution in [0.25, 0.3) is 6.08 Å². The van der Waals surface area contributed by atoms with Gasteiger partial charge in [-0.25, -0.2) is 0 Å². The highest BCUT2D eigenvalue weighted by Gasteiger charge is 2.33. The van der Waals surface area contributed by atoms with E-state index in [4.69, 9.17) is 44.9 Å². The molecule has 0 N–H and O–H groups in total. The molecule has 3 aromatic rings. The van der Waals surface area contributed by atoms with E-state index in [1.807, 2.05) is 49.4 Å². The number of carbonyl (C=O) groups excluding carboxylic acids is 1. The summed E-state index contributed by atoms with van der Waals surface area (Å²) < 4.78 is 12.1. The number of amides is 1. The van der Waals surface area contributed by atoms with E-state index in [9.17, 15) is 4.79 Å². The summed E-state index contributed by atoms with van der Waals surface area (Å²) in [5.41, 5.74) is 3.28. The van der Waals surface area contributed by atoms with E-state index in [1.165, 1.54) is 11.8 Å². The van der Waals surface area contributed by atoms with E-state index in [1.54, 1.807) is 36.3 Å². The maximum atomic E-state index is 13.2. The van der Waals surface area contributed by atoms with Crippen LogP contribution in [0.5, 0.6) is 11.5 Å². The van der Waals surface area contributed by atoms with Crippen LogP contribution in [0.15, 0.2) is 65.6 Å². The first kappa shape index (κ1) is 23.6. The second-order valence-corrected chi connectivity index (χ2v) is 9.78. The van der Waals surface area contributed by atoms with Crippen molar-refractivity contribution < 1.29 is 14.3 Å². The zero-order valence-corrected chi connectivity index (χ0v) is 20.9. The molecule has 0 spiro atoms. The van der Waals surface area contributed by atoms with E-state index in [0.29, 0.717) is 36.3 Å². The number of anilines is 1. The molecule has 168 valence electrons. The largest absolute Gasteiger partial charge is 0.493 e. The average Bonchev–Trinajstić information content (AvgIpc) is 3.06. The first-order chi connectivity index (χ1) is 15.9. The first-order valence-electron chi connectivity index (χ1n) is 9.95. The van der Waals surface area contributed by atoms with Crippen molar-refractivity contribution in [1.82, 2.24) is 0 Å². The highest BCUT2D eigenvalue weighted by molar-refractivity contribution is 8.27. The number of ether oxygens (including phenoxy) is 2. The summed E-state index contributed by atoms with van der Waals surface area (Å²) in [5, 5.41) is 1.07. The smallest absolute Gasteiger partial charge is 0.270 e. The number of nitrogens with zero attached hydrogens (tertiary/aromatic N) is 1. The quantitative estimate of drug-likeness (QED) is 0.254.